The van der Waals surface area contributed by atoms with Gasteiger partial charge in [0.1, 0.15) is 17.8 Å². The van der Waals surface area contributed by atoms with E-state index in [1.54, 1.807) is 6.08 Å². The van der Waals surface area contributed by atoms with Gasteiger partial charge in [0.05, 0.1) is 12.0 Å². The normalized spacial score (nSPS) is 11.5. The van der Waals surface area contributed by atoms with E-state index in [9.17, 15) is 0 Å². The molecule has 78 valence electrons. The Bertz CT molecular complexity index is 489. The minimum atomic E-state index is 0.0519. The number of hydrogen-bond acceptors (Lipinski definition) is 4. The zero-order valence-electron chi connectivity index (χ0n) is 8.17. The molecule has 0 saturated heterocycles. The van der Waals surface area contributed by atoms with Gasteiger partial charge in [-0.15, -0.1) is 0 Å². The fourth-order valence-electron chi connectivity index (χ4n) is 1.43. The molecule has 0 bridgehead atoms. The van der Waals surface area contributed by atoms with E-state index < -0.39 is 0 Å². The van der Waals surface area contributed by atoms with Crippen LogP contribution in [0.5, 0.6) is 0 Å². The molecule has 0 atom stereocenters. The molecule has 15 heavy (non-hydrogen) atoms. The van der Waals surface area contributed by atoms with Crippen molar-refractivity contribution in [3.05, 3.63) is 30.7 Å². The summed E-state index contributed by atoms with van der Waals surface area (Å²) in [4.78, 5) is 8.07. The first kappa shape index (κ1) is 9.67. The van der Waals surface area contributed by atoms with Crippen LogP contribution >= 0.6 is 0 Å². The van der Waals surface area contributed by atoms with Gasteiger partial charge in [0, 0.05) is 12.7 Å². The molecule has 2 aromatic heterocycles. The molecule has 0 radical (unpaired) electrons. The number of hydrogen-bond donors (Lipinski definition) is 2. The predicted octanol–water partition coefficient (Wildman–Crippen LogP) is 0.562. The Morgan fingerprint density at radius 2 is 2.27 bits per heavy atom. The van der Waals surface area contributed by atoms with Crippen molar-refractivity contribution in [2.75, 3.05) is 12.3 Å². The average molecular weight is 204 g/mol. The van der Waals surface area contributed by atoms with Crippen LogP contribution < -0.4 is 5.73 Å². The lowest BCUT2D eigenvalue weighted by Gasteiger charge is -2.00. The van der Waals surface area contributed by atoms with Gasteiger partial charge in [-0.3, -0.25) is 0 Å². The van der Waals surface area contributed by atoms with E-state index in [0.717, 1.165) is 11.0 Å². The molecule has 0 amide bonds. The Kier molecular flexibility index (Phi) is 2.64. The summed E-state index contributed by atoms with van der Waals surface area (Å²) < 4.78 is 1.94. The maximum absolute atomic E-state index is 8.61. The highest BCUT2D eigenvalue weighted by Crippen LogP contribution is 2.17. The number of aliphatic hydroxyl groups is 1. The maximum atomic E-state index is 8.61. The highest BCUT2D eigenvalue weighted by Gasteiger charge is 2.03. The van der Waals surface area contributed by atoms with E-state index in [4.69, 9.17) is 10.8 Å². The molecule has 0 saturated carbocycles. The number of anilines is 1. The van der Waals surface area contributed by atoms with Gasteiger partial charge in [0.15, 0.2) is 0 Å². The lowest BCUT2D eigenvalue weighted by Crippen LogP contribution is -1.97. The molecule has 0 aliphatic carbocycles. The molecule has 3 N–H and O–H groups in total. The average Bonchev–Trinajstić information content (AvgIpc) is 2.64. The van der Waals surface area contributed by atoms with Crippen LogP contribution in [0.4, 0.5) is 5.82 Å². The summed E-state index contributed by atoms with van der Waals surface area (Å²) in [5.74, 6) is 0.491. The van der Waals surface area contributed by atoms with Crippen molar-refractivity contribution in [3.63, 3.8) is 0 Å². The van der Waals surface area contributed by atoms with E-state index >= 15 is 0 Å². The fraction of sp³-hybridized carbons (Fsp3) is 0.200. The van der Waals surface area contributed by atoms with E-state index in [0.29, 0.717) is 12.4 Å². The Morgan fingerprint density at radius 1 is 1.40 bits per heavy atom. The number of rotatable bonds is 3. The van der Waals surface area contributed by atoms with E-state index in [-0.39, 0.29) is 6.61 Å². The summed E-state index contributed by atoms with van der Waals surface area (Å²) in [5, 5.41) is 9.47. The molecule has 2 rings (SSSR count). The van der Waals surface area contributed by atoms with Crippen LogP contribution in [0.1, 0.15) is 0 Å². The quantitative estimate of drug-likeness (QED) is 0.716. The van der Waals surface area contributed by atoms with Crippen LogP contribution in [0, 0.1) is 0 Å². The second kappa shape index (κ2) is 4.10. The third-order valence-electron chi connectivity index (χ3n) is 2.16. The Balaban J connectivity index is 2.37. The Morgan fingerprint density at radius 3 is 3.07 bits per heavy atom. The predicted molar refractivity (Wildman–Crippen MR) is 58.2 cm³/mol. The smallest absolute Gasteiger partial charge is 0.145 e. The van der Waals surface area contributed by atoms with Crippen LogP contribution in [0.3, 0.4) is 0 Å². The van der Waals surface area contributed by atoms with Gasteiger partial charge in [0.2, 0.25) is 0 Å². The number of aromatic nitrogens is 3. The lowest BCUT2D eigenvalue weighted by atomic mass is 10.4. The first-order valence-electron chi connectivity index (χ1n) is 4.64. The number of nitrogen functional groups attached to an aromatic ring is 1. The highest BCUT2D eigenvalue weighted by molar-refractivity contribution is 5.85. The van der Waals surface area contributed by atoms with Gasteiger partial charge in [0.25, 0.3) is 0 Å². The summed E-state index contributed by atoms with van der Waals surface area (Å²) in [6.45, 7) is 0.719. The van der Waals surface area contributed by atoms with Crippen molar-refractivity contribution >= 4 is 16.9 Å². The van der Waals surface area contributed by atoms with Gasteiger partial charge in [-0.05, 0) is 6.07 Å². The van der Waals surface area contributed by atoms with Gasteiger partial charge in [-0.1, -0.05) is 12.2 Å². The van der Waals surface area contributed by atoms with Crippen molar-refractivity contribution < 1.29 is 5.11 Å². The third kappa shape index (κ3) is 1.82. The Labute approximate surface area is 86.9 Å². The van der Waals surface area contributed by atoms with E-state index in [1.807, 2.05) is 22.9 Å². The van der Waals surface area contributed by atoms with Crippen LogP contribution in [0.15, 0.2) is 30.7 Å². The first-order chi connectivity index (χ1) is 7.33. The molecular formula is C10H12N4O. The van der Waals surface area contributed by atoms with E-state index in [2.05, 4.69) is 9.97 Å². The summed E-state index contributed by atoms with van der Waals surface area (Å²) >= 11 is 0. The van der Waals surface area contributed by atoms with Crippen molar-refractivity contribution in [2.24, 2.45) is 0 Å². The molecule has 0 spiro atoms. The van der Waals surface area contributed by atoms with Crippen molar-refractivity contribution in [2.45, 2.75) is 6.54 Å². The zero-order valence-corrected chi connectivity index (χ0v) is 8.17. The van der Waals surface area contributed by atoms with Gasteiger partial charge in [-0.2, -0.15) is 0 Å². The van der Waals surface area contributed by atoms with Crippen LogP contribution in [-0.4, -0.2) is 26.2 Å². The molecule has 2 aromatic rings. The molecule has 0 fully saturated rings. The summed E-state index contributed by atoms with van der Waals surface area (Å²) in [5.41, 5.74) is 6.51. The van der Waals surface area contributed by atoms with Crippen LogP contribution in [-0.2, 0) is 6.54 Å². The highest BCUT2D eigenvalue weighted by atomic mass is 16.2. The summed E-state index contributed by atoms with van der Waals surface area (Å²) in [6, 6.07) is 1.89. The van der Waals surface area contributed by atoms with Gasteiger partial charge in [-0.25, -0.2) is 9.97 Å². The summed E-state index contributed by atoms with van der Waals surface area (Å²) in [6.07, 6.45) is 6.91. The van der Waals surface area contributed by atoms with Crippen molar-refractivity contribution in [1.82, 2.24) is 14.5 Å². The van der Waals surface area contributed by atoms with Crippen LogP contribution in [0.25, 0.3) is 11.0 Å². The molecular weight excluding hydrogens is 192 g/mol. The van der Waals surface area contributed by atoms with Gasteiger partial charge >= 0.3 is 0 Å². The number of nitrogens with two attached hydrogens (primary N) is 1. The summed E-state index contributed by atoms with van der Waals surface area (Å²) in [7, 11) is 0. The number of allylic oxidation sites excluding steroid dienone is 1. The molecule has 0 aromatic carbocycles. The molecule has 2 heterocycles. The standard InChI is InChI=1S/C10H12N4O/c11-9-8-3-5-14(4-1-2-6-15)10(8)13-7-12-9/h1-3,5,7,15H,4,6H2,(H2,11,12,13)/b2-1-. The lowest BCUT2D eigenvalue weighted by molar-refractivity contribution is 0.342. The minimum Gasteiger partial charge on any atom is -0.392 e. The number of fused-ring (bicyclic) bond motifs is 1. The molecule has 0 unspecified atom stereocenters. The molecule has 0 aliphatic heterocycles. The van der Waals surface area contributed by atoms with Crippen molar-refractivity contribution in [1.29, 1.82) is 0 Å². The first-order valence-corrected chi connectivity index (χ1v) is 4.64. The minimum absolute atomic E-state index is 0.0519. The fourth-order valence-corrected chi connectivity index (χ4v) is 1.43. The SMILES string of the molecule is Nc1ncnc2c1ccn2C/C=C\CO. The third-order valence-corrected chi connectivity index (χ3v) is 2.16. The van der Waals surface area contributed by atoms with Gasteiger partial charge < -0.3 is 15.4 Å². The Hall–Kier alpha value is -1.88. The second-order valence-corrected chi connectivity index (χ2v) is 3.12. The topological polar surface area (TPSA) is 77.0 Å². The van der Waals surface area contributed by atoms with Crippen molar-refractivity contribution in [3.8, 4) is 0 Å². The van der Waals surface area contributed by atoms with E-state index in [1.165, 1.54) is 6.33 Å². The number of aliphatic hydroxyl groups excluding tert-OH is 1. The number of nitrogens with zero attached hydrogens (tertiary/aromatic N) is 3. The maximum Gasteiger partial charge on any atom is 0.145 e. The molecule has 0 aliphatic rings. The molecule has 5 nitrogen and oxygen atoms in total. The zero-order chi connectivity index (χ0) is 10.7. The second-order valence-electron chi connectivity index (χ2n) is 3.12. The molecule has 5 heteroatoms. The monoisotopic (exact) mass is 204 g/mol. The van der Waals surface area contributed by atoms with Crippen LogP contribution in [0.2, 0.25) is 0 Å². The largest absolute Gasteiger partial charge is 0.392 e.